The molecule has 7 aliphatic heterocycles. The van der Waals surface area contributed by atoms with Crippen LogP contribution in [0.15, 0.2) is 23.2 Å². The van der Waals surface area contributed by atoms with Crippen LogP contribution < -0.4 is 21.1 Å². The maximum Gasteiger partial charge on any atom is 0.302 e. The van der Waals surface area contributed by atoms with E-state index in [-0.39, 0.29) is 54.7 Å². The van der Waals surface area contributed by atoms with Crippen molar-refractivity contribution in [3.8, 4) is 35.2 Å². The molecule has 0 aromatic heterocycles. The van der Waals surface area contributed by atoms with E-state index < -0.39 is 29.7 Å². The third kappa shape index (κ3) is 8.34. The lowest BCUT2D eigenvalue weighted by molar-refractivity contribution is -0.152. The molecule has 12 nitrogen and oxygen atoms in total. The van der Waals surface area contributed by atoms with Gasteiger partial charge in [-0.15, -0.1) is 5.92 Å². The third-order valence-corrected chi connectivity index (χ3v) is 13.4. The number of esters is 1. The van der Waals surface area contributed by atoms with Crippen LogP contribution in [0, 0.1) is 58.7 Å². The second kappa shape index (κ2) is 15.9. The number of phenols is 1. The van der Waals surface area contributed by atoms with Crippen molar-refractivity contribution in [2.45, 2.75) is 108 Å². The van der Waals surface area contributed by atoms with Gasteiger partial charge in [-0.2, -0.15) is 0 Å². The summed E-state index contributed by atoms with van der Waals surface area (Å²) in [6.07, 6.45) is 4.13. The van der Waals surface area contributed by atoms with Gasteiger partial charge in [0, 0.05) is 82.3 Å². The number of carbonyl (C=O) groups is 1. The zero-order chi connectivity index (χ0) is 37.4. The van der Waals surface area contributed by atoms with Gasteiger partial charge in [0.25, 0.3) is 0 Å². The molecule has 7 heterocycles. The van der Waals surface area contributed by atoms with Crippen LogP contribution in [0.4, 0.5) is 0 Å². The number of guanidine groups is 1. The van der Waals surface area contributed by atoms with Crippen molar-refractivity contribution < 1.29 is 29.6 Å². The fraction of sp³-hybridized carbons (Fsp3) is 0.714. The Morgan fingerprint density at radius 3 is 2.85 bits per heavy atom. The van der Waals surface area contributed by atoms with Gasteiger partial charge < -0.3 is 41.2 Å². The molecule has 2 unspecified atom stereocenters. The summed E-state index contributed by atoms with van der Waals surface area (Å²) in [6.45, 7) is 6.24. The number of carbonyl (C=O) groups excluding carboxylic acids is 1. The molecule has 0 saturated carbocycles. The maximum absolute atomic E-state index is 12.7. The largest absolute Gasteiger partial charge is 0.504 e. The highest BCUT2D eigenvalue weighted by Crippen LogP contribution is 2.41. The molecule has 54 heavy (non-hydrogen) atoms. The fourth-order valence-corrected chi connectivity index (χ4v) is 10.7. The number of fused-ring (bicyclic) bond motifs is 8. The number of aliphatic imine (C=N–C) groups is 1. The molecule has 12 bridgehead atoms. The van der Waals surface area contributed by atoms with Crippen LogP contribution in [0.3, 0.4) is 0 Å². The van der Waals surface area contributed by atoms with Crippen LogP contribution in [0.2, 0.25) is 0 Å². The number of hydrogen-bond donors (Lipinski definition) is 6. The standard InChI is InChI=1S/C42H58N6O6/c1-26(49)53-38-19-33(50)8-11-42-10-7-30-13-27(15-32-18-34(9-12-44-32)54-39-17-28(16-35(30)38)5-6-37(39)51)3-2-4-36-31-14-29(21-48(36)23-40(42)52)20-47(22-31)25-46-41(43)45-24-42/h5-6,17,27,29-36,38,40,44,50-52H,4,8-9,11-16,18-25H2,1H3,(H3,43,45,46)/t27-,29+,30+,31+,32-,33+,34+,35+,36-,38-,40+,42-/m1/s1. The molecule has 1 aromatic rings. The number of aliphatic hydroxyl groups is 2. The van der Waals surface area contributed by atoms with E-state index in [1.807, 2.05) is 12.1 Å². The van der Waals surface area contributed by atoms with Gasteiger partial charge in [0.1, 0.15) is 12.2 Å². The molecule has 1 spiro atoms. The highest BCUT2D eigenvalue weighted by molar-refractivity contribution is 5.77. The Morgan fingerprint density at radius 1 is 1.09 bits per heavy atom. The van der Waals surface area contributed by atoms with Crippen molar-refractivity contribution in [2.75, 3.05) is 45.9 Å². The van der Waals surface area contributed by atoms with Crippen molar-refractivity contribution in [3.05, 3.63) is 23.8 Å². The van der Waals surface area contributed by atoms with Crippen molar-refractivity contribution in [1.82, 2.24) is 20.4 Å². The molecular formula is C42H58N6O6. The molecule has 0 radical (unpaired) electrons. The lowest BCUT2D eigenvalue weighted by Crippen LogP contribution is -2.60. The predicted molar refractivity (Wildman–Crippen MR) is 204 cm³/mol. The van der Waals surface area contributed by atoms with Crippen LogP contribution in [0.5, 0.6) is 11.5 Å². The highest BCUT2D eigenvalue weighted by Gasteiger charge is 2.46. The van der Waals surface area contributed by atoms with E-state index in [2.05, 4.69) is 44.1 Å². The minimum atomic E-state index is -0.946. The molecule has 1 aliphatic carbocycles. The van der Waals surface area contributed by atoms with Gasteiger partial charge in [0.15, 0.2) is 17.5 Å². The summed E-state index contributed by atoms with van der Waals surface area (Å²) in [7, 11) is 0. The first kappa shape index (κ1) is 37.4. The van der Waals surface area contributed by atoms with Crippen molar-refractivity contribution >= 4 is 11.9 Å². The van der Waals surface area contributed by atoms with E-state index >= 15 is 0 Å². The number of benzene rings is 1. The number of phenolic OH excluding ortho intramolecular Hbond substituents is 1. The van der Waals surface area contributed by atoms with Crippen LogP contribution in [0.25, 0.3) is 0 Å². The number of aliphatic hydroxyl groups excluding tert-OH is 2. The average molecular weight is 743 g/mol. The monoisotopic (exact) mass is 742 g/mol. The zero-order valence-corrected chi connectivity index (χ0v) is 31.6. The Bertz CT molecular complexity index is 1700. The quantitative estimate of drug-likeness (QED) is 0.184. The number of nitrogens with zero attached hydrogens (tertiary/aromatic N) is 3. The smallest absolute Gasteiger partial charge is 0.302 e. The molecule has 9 rings (SSSR count). The van der Waals surface area contributed by atoms with Gasteiger partial charge in [-0.25, -0.2) is 4.99 Å². The Kier molecular flexibility index (Phi) is 11.0. The lowest BCUT2D eigenvalue weighted by Gasteiger charge is -2.51. The molecule has 14 atom stereocenters. The van der Waals surface area contributed by atoms with Crippen LogP contribution in [-0.4, -0.2) is 119 Å². The summed E-state index contributed by atoms with van der Waals surface area (Å²) in [5.74, 6) is 15.7. The number of rotatable bonds is 1. The summed E-state index contributed by atoms with van der Waals surface area (Å²) in [5, 5.41) is 42.3. The number of ether oxygens (including phenoxy) is 2. The number of aromatic hydroxyl groups is 1. The zero-order valence-electron chi connectivity index (χ0n) is 31.6. The first-order chi connectivity index (χ1) is 26.1. The van der Waals surface area contributed by atoms with E-state index in [0.29, 0.717) is 68.9 Å². The minimum absolute atomic E-state index is 0.0151. The molecule has 292 valence electrons. The average Bonchev–Trinajstić information content (AvgIpc) is 3.14. The van der Waals surface area contributed by atoms with Crippen molar-refractivity contribution in [2.24, 2.45) is 45.7 Å². The first-order valence-electron chi connectivity index (χ1n) is 20.4. The lowest BCUT2D eigenvalue weighted by atomic mass is 9.71. The van der Waals surface area contributed by atoms with Gasteiger partial charge >= 0.3 is 5.97 Å². The van der Waals surface area contributed by atoms with E-state index in [1.54, 1.807) is 6.07 Å². The molecule has 1 aromatic carbocycles. The Balaban J connectivity index is 1.30. The van der Waals surface area contributed by atoms with Gasteiger partial charge in [0.05, 0.1) is 24.3 Å². The fourth-order valence-electron chi connectivity index (χ4n) is 10.7. The third-order valence-electron chi connectivity index (χ3n) is 13.4. The number of hydrogen-bond acceptors (Lipinski definition) is 12. The summed E-state index contributed by atoms with van der Waals surface area (Å²) in [5.41, 5.74) is 6.50. The normalized spacial score (nSPS) is 41.9. The molecule has 12 heteroatoms. The summed E-state index contributed by atoms with van der Waals surface area (Å²) in [4.78, 5) is 22.4. The van der Waals surface area contributed by atoms with E-state index in [4.69, 9.17) is 20.2 Å². The van der Waals surface area contributed by atoms with E-state index in [1.165, 1.54) is 6.92 Å². The molecule has 8 aliphatic rings. The highest BCUT2D eigenvalue weighted by atomic mass is 16.5. The SMILES string of the molecule is CC(=O)O[C@@H]1C[C@@H](O)CC[C@]23C#C[C@H]4C[C@@H](C#CC[C@@H]5[C@H]6C[C@@H](CN(CN=C(N)NC2)C6)CN5C[C@@H]3O)C[C@@H]2C[C@H](CCN2)Oc2cc(ccc2O)C[C@@H]41. The summed E-state index contributed by atoms with van der Waals surface area (Å²) in [6, 6.07) is 5.83. The number of piperidine rings is 3. The van der Waals surface area contributed by atoms with Gasteiger partial charge in [-0.1, -0.05) is 23.8 Å². The number of nitrogens with one attached hydrogen (secondary N) is 2. The number of nitrogens with two attached hydrogens (primary N) is 1. The van der Waals surface area contributed by atoms with Gasteiger partial charge in [0.2, 0.25) is 0 Å². The molecule has 0 amide bonds. The first-order valence-corrected chi connectivity index (χ1v) is 20.4. The molecule has 7 N–H and O–H groups in total. The second-order valence-corrected chi connectivity index (χ2v) is 17.4. The van der Waals surface area contributed by atoms with Crippen LogP contribution >= 0.6 is 0 Å². The van der Waals surface area contributed by atoms with E-state index in [0.717, 1.165) is 57.4 Å². The summed E-state index contributed by atoms with van der Waals surface area (Å²) < 4.78 is 12.6. The topological polar surface area (TPSA) is 165 Å². The summed E-state index contributed by atoms with van der Waals surface area (Å²) >= 11 is 0. The van der Waals surface area contributed by atoms with Gasteiger partial charge in [-0.3, -0.25) is 14.6 Å². The van der Waals surface area contributed by atoms with Crippen molar-refractivity contribution in [3.63, 3.8) is 0 Å². The van der Waals surface area contributed by atoms with E-state index in [9.17, 15) is 20.1 Å². The predicted octanol–water partition coefficient (Wildman–Crippen LogP) is 1.81. The molecule has 3 saturated heterocycles. The minimum Gasteiger partial charge on any atom is -0.504 e. The maximum atomic E-state index is 12.7. The van der Waals surface area contributed by atoms with Crippen molar-refractivity contribution in [1.29, 1.82) is 0 Å². The molecular weight excluding hydrogens is 684 g/mol. The molecule has 3 fully saturated rings. The Morgan fingerprint density at radius 2 is 1.98 bits per heavy atom. The Hall–Kier alpha value is -3.52. The second-order valence-electron chi connectivity index (χ2n) is 17.4. The van der Waals surface area contributed by atoms with Crippen LogP contribution in [-0.2, 0) is 16.0 Å². The Labute approximate surface area is 319 Å². The van der Waals surface area contributed by atoms with Crippen LogP contribution in [0.1, 0.15) is 70.3 Å². The van der Waals surface area contributed by atoms with Gasteiger partial charge in [-0.05, 0) is 87.4 Å².